The van der Waals surface area contributed by atoms with Crippen molar-refractivity contribution in [2.45, 2.75) is 23.7 Å². The van der Waals surface area contributed by atoms with Gasteiger partial charge >= 0.3 is 0 Å². The zero-order valence-corrected chi connectivity index (χ0v) is 16.3. The van der Waals surface area contributed by atoms with E-state index in [0.717, 1.165) is 0 Å². The highest BCUT2D eigenvalue weighted by Gasteiger charge is 2.32. The molecule has 9 heteroatoms. The van der Waals surface area contributed by atoms with Crippen molar-refractivity contribution in [2.24, 2.45) is 0 Å². The minimum absolute atomic E-state index is 0.0168. The van der Waals surface area contributed by atoms with Crippen LogP contribution in [0.5, 0.6) is 0 Å². The first kappa shape index (κ1) is 19.0. The number of benzene rings is 2. The van der Waals surface area contributed by atoms with Gasteiger partial charge in [0, 0.05) is 29.6 Å². The fourth-order valence-electron chi connectivity index (χ4n) is 3.27. The molecule has 0 N–H and O–H groups in total. The molecule has 0 saturated carbocycles. The van der Waals surface area contributed by atoms with Gasteiger partial charge in [0.05, 0.1) is 4.90 Å². The number of piperidine rings is 1. The van der Waals surface area contributed by atoms with Crippen molar-refractivity contribution in [1.82, 2.24) is 14.4 Å². The van der Waals surface area contributed by atoms with Gasteiger partial charge in [-0.2, -0.15) is 9.29 Å². The predicted octanol–water partition coefficient (Wildman–Crippen LogP) is 4.10. The van der Waals surface area contributed by atoms with E-state index >= 15 is 0 Å². The molecular formula is C19H17ClFN3O3S. The standard InChI is InChI=1S/C19H17ClFN3O3S/c20-15-4-2-6-17(12-15)28(25,26)24-9-7-13(8-10-24)18-22-19(27-23-18)14-3-1-5-16(21)11-14/h1-6,11-13H,7-10H2. The molecule has 146 valence electrons. The number of aromatic nitrogens is 2. The Bertz CT molecular complexity index is 1100. The highest BCUT2D eigenvalue weighted by atomic mass is 35.5. The summed E-state index contributed by atoms with van der Waals surface area (Å²) in [5.41, 5.74) is 0.514. The summed E-state index contributed by atoms with van der Waals surface area (Å²) >= 11 is 5.92. The molecule has 2 heterocycles. The van der Waals surface area contributed by atoms with Gasteiger partial charge in [-0.3, -0.25) is 0 Å². The van der Waals surface area contributed by atoms with Crippen LogP contribution in [-0.4, -0.2) is 36.0 Å². The van der Waals surface area contributed by atoms with E-state index in [0.29, 0.717) is 42.3 Å². The fourth-order valence-corrected chi connectivity index (χ4v) is 5.04. The van der Waals surface area contributed by atoms with Crippen LogP contribution in [0.4, 0.5) is 4.39 Å². The molecule has 1 fully saturated rings. The summed E-state index contributed by atoms with van der Waals surface area (Å²) in [4.78, 5) is 4.56. The lowest BCUT2D eigenvalue weighted by atomic mass is 9.97. The normalized spacial score (nSPS) is 16.4. The van der Waals surface area contributed by atoms with Gasteiger partial charge in [0.15, 0.2) is 5.82 Å². The number of nitrogens with zero attached hydrogens (tertiary/aromatic N) is 3. The first-order chi connectivity index (χ1) is 13.4. The van der Waals surface area contributed by atoms with Crippen LogP contribution in [0.15, 0.2) is 57.9 Å². The van der Waals surface area contributed by atoms with E-state index in [1.54, 1.807) is 24.3 Å². The maximum Gasteiger partial charge on any atom is 0.258 e. The number of hydrogen-bond donors (Lipinski definition) is 0. The number of sulfonamides is 1. The minimum atomic E-state index is -3.59. The smallest absolute Gasteiger partial charge is 0.258 e. The summed E-state index contributed by atoms with van der Waals surface area (Å²) in [6.45, 7) is 0.701. The number of hydrogen-bond acceptors (Lipinski definition) is 5. The van der Waals surface area contributed by atoms with Crippen LogP contribution in [0.25, 0.3) is 11.5 Å². The van der Waals surface area contributed by atoms with Gasteiger partial charge in [0.1, 0.15) is 5.82 Å². The van der Waals surface area contributed by atoms with E-state index in [2.05, 4.69) is 10.1 Å². The van der Waals surface area contributed by atoms with Crippen LogP contribution < -0.4 is 0 Å². The Kier molecular flexibility index (Phi) is 5.18. The molecule has 1 saturated heterocycles. The van der Waals surface area contributed by atoms with Gasteiger partial charge in [-0.15, -0.1) is 0 Å². The number of halogens is 2. The molecule has 1 aromatic heterocycles. The van der Waals surface area contributed by atoms with Gasteiger partial charge in [-0.1, -0.05) is 28.9 Å². The lowest BCUT2D eigenvalue weighted by molar-refractivity contribution is 0.307. The first-order valence-electron chi connectivity index (χ1n) is 8.79. The van der Waals surface area contributed by atoms with Crippen molar-refractivity contribution >= 4 is 21.6 Å². The lowest BCUT2D eigenvalue weighted by Crippen LogP contribution is -2.38. The molecule has 0 amide bonds. The second-order valence-corrected chi connectivity index (χ2v) is 8.98. The molecular weight excluding hydrogens is 405 g/mol. The van der Waals surface area contributed by atoms with Crippen LogP contribution >= 0.6 is 11.6 Å². The van der Waals surface area contributed by atoms with Gasteiger partial charge in [-0.05, 0) is 49.2 Å². The molecule has 0 atom stereocenters. The Morgan fingerprint density at radius 2 is 1.86 bits per heavy atom. The lowest BCUT2D eigenvalue weighted by Gasteiger charge is -2.29. The highest BCUT2D eigenvalue weighted by Crippen LogP contribution is 2.31. The Morgan fingerprint density at radius 3 is 2.57 bits per heavy atom. The summed E-state index contributed by atoms with van der Waals surface area (Å²) in [5.74, 6) is 0.371. The van der Waals surface area contributed by atoms with E-state index in [9.17, 15) is 12.8 Å². The highest BCUT2D eigenvalue weighted by molar-refractivity contribution is 7.89. The Hall–Kier alpha value is -2.29. The topological polar surface area (TPSA) is 76.3 Å². The van der Waals surface area contributed by atoms with Gasteiger partial charge in [0.25, 0.3) is 5.89 Å². The summed E-state index contributed by atoms with van der Waals surface area (Å²) in [5, 5.41) is 4.39. The second kappa shape index (κ2) is 7.62. The SMILES string of the molecule is O=S(=O)(c1cccc(Cl)c1)N1CCC(c2noc(-c3cccc(F)c3)n2)CC1. The maximum absolute atomic E-state index is 13.4. The molecule has 3 aromatic rings. The monoisotopic (exact) mass is 421 g/mol. The van der Waals surface area contributed by atoms with Gasteiger partial charge in [0.2, 0.25) is 10.0 Å². The van der Waals surface area contributed by atoms with Crippen LogP contribution in [-0.2, 0) is 10.0 Å². The van der Waals surface area contributed by atoms with Crippen molar-refractivity contribution in [2.75, 3.05) is 13.1 Å². The maximum atomic E-state index is 13.4. The predicted molar refractivity (Wildman–Crippen MR) is 102 cm³/mol. The van der Waals surface area contributed by atoms with Crippen LogP contribution in [0.2, 0.25) is 5.02 Å². The Labute approximate surface area is 167 Å². The van der Waals surface area contributed by atoms with Gasteiger partial charge in [-0.25, -0.2) is 12.8 Å². The summed E-state index contributed by atoms with van der Waals surface area (Å²) in [6, 6.07) is 12.2. The van der Waals surface area contributed by atoms with E-state index in [1.165, 1.54) is 28.6 Å². The van der Waals surface area contributed by atoms with Crippen molar-refractivity contribution in [1.29, 1.82) is 0 Å². The number of rotatable bonds is 4. The van der Waals surface area contributed by atoms with Crippen molar-refractivity contribution in [3.63, 3.8) is 0 Å². The second-order valence-electron chi connectivity index (χ2n) is 6.60. The molecule has 0 spiro atoms. The molecule has 28 heavy (non-hydrogen) atoms. The average Bonchev–Trinajstić information content (AvgIpc) is 3.18. The minimum Gasteiger partial charge on any atom is -0.334 e. The van der Waals surface area contributed by atoms with Gasteiger partial charge < -0.3 is 4.52 Å². The van der Waals surface area contributed by atoms with Crippen molar-refractivity contribution < 1.29 is 17.3 Å². The fraction of sp³-hybridized carbons (Fsp3) is 0.263. The molecule has 1 aliphatic heterocycles. The summed E-state index contributed by atoms with van der Waals surface area (Å²) in [7, 11) is -3.59. The zero-order valence-electron chi connectivity index (χ0n) is 14.8. The third-order valence-corrected chi connectivity index (χ3v) is 6.90. The van der Waals surface area contributed by atoms with E-state index in [1.807, 2.05) is 0 Å². The third kappa shape index (κ3) is 3.80. The van der Waals surface area contributed by atoms with E-state index < -0.39 is 10.0 Å². The largest absolute Gasteiger partial charge is 0.334 e. The molecule has 0 unspecified atom stereocenters. The summed E-state index contributed by atoms with van der Waals surface area (Å²) < 4.78 is 45.7. The average molecular weight is 422 g/mol. The Balaban J connectivity index is 1.46. The van der Waals surface area contributed by atoms with Crippen molar-refractivity contribution in [3.8, 4) is 11.5 Å². The van der Waals surface area contributed by atoms with E-state index in [4.69, 9.17) is 16.1 Å². The van der Waals surface area contributed by atoms with Crippen LogP contribution in [0.3, 0.4) is 0 Å². The molecule has 0 aliphatic carbocycles. The third-order valence-electron chi connectivity index (χ3n) is 4.77. The Morgan fingerprint density at radius 1 is 1.11 bits per heavy atom. The molecule has 2 aromatic carbocycles. The van der Waals surface area contributed by atoms with Crippen LogP contribution in [0, 0.1) is 5.82 Å². The van der Waals surface area contributed by atoms with E-state index in [-0.39, 0.29) is 22.5 Å². The van der Waals surface area contributed by atoms with Crippen molar-refractivity contribution in [3.05, 3.63) is 65.2 Å². The zero-order chi connectivity index (χ0) is 19.7. The molecule has 0 bridgehead atoms. The molecule has 1 aliphatic rings. The quantitative estimate of drug-likeness (QED) is 0.634. The first-order valence-corrected chi connectivity index (χ1v) is 10.6. The summed E-state index contributed by atoms with van der Waals surface area (Å²) in [6.07, 6.45) is 1.14. The molecule has 6 nitrogen and oxygen atoms in total. The molecule has 4 rings (SSSR count). The van der Waals surface area contributed by atoms with Crippen LogP contribution in [0.1, 0.15) is 24.6 Å². The molecule has 0 radical (unpaired) electrons.